The zero-order valence-electron chi connectivity index (χ0n) is 15.0. The molecule has 3 atom stereocenters. The summed E-state index contributed by atoms with van der Waals surface area (Å²) in [7, 11) is 0. The van der Waals surface area contributed by atoms with E-state index in [-0.39, 0.29) is 30.8 Å². The summed E-state index contributed by atoms with van der Waals surface area (Å²) in [5.74, 6) is 0.643. The highest BCUT2D eigenvalue weighted by Gasteiger charge is 2.34. The fourth-order valence-corrected chi connectivity index (χ4v) is 2.81. The average molecular weight is 351 g/mol. The van der Waals surface area contributed by atoms with Crippen molar-refractivity contribution in [1.29, 1.82) is 0 Å². The van der Waals surface area contributed by atoms with E-state index < -0.39 is 0 Å². The zero-order valence-corrected chi connectivity index (χ0v) is 15.0. The Morgan fingerprint density at radius 1 is 1.48 bits per heavy atom. The van der Waals surface area contributed by atoms with Crippen LogP contribution in [-0.4, -0.2) is 50.4 Å². The van der Waals surface area contributed by atoms with Crippen LogP contribution in [0.4, 0.5) is 5.95 Å². The van der Waals surface area contributed by atoms with Crippen molar-refractivity contribution in [3.8, 4) is 5.88 Å². The Morgan fingerprint density at radius 2 is 2.24 bits per heavy atom. The van der Waals surface area contributed by atoms with Gasteiger partial charge < -0.3 is 14.6 Å². The van der Waals surface area contributed by atoms with Gasteiger partial charge in [-0.05, 0) is 13.3 Å². The van der Waals surface area contributed by atoms with Gasteiger partial charge in [0.25, 0.3) is 0 Å². The highest BCUT2D eigenvalue weighted by Crippen LogP contribution is 2.36. The summed E-state index contributed by atoms with van der Waals surface area (Å²) in [4.78, 5) is 23.5. The maximum Gasteiger partial charge on any atom is 0.247 e. The third-order valence-electron chi connectivity index (χ3n) is 3.79. The second kappa shape index (κ2) is 8.72. The largest absolute Gasteiger partial charge is 0.476 e. The summed E-state index contributed by atoms with van der Waals surface area (Å²) in [5, 5.41) is 11.7. The number of ether oxygens (including phenoxy) is 2. The standard InChI is InChI=1S/C14H19N5O4.C2H6/c1-3-22-12-10-11(17-14(18-12)16-7-21)19(6-15-10)13-8(2)4-9(5-20)23-13;1-2/h6-9,13,20H,3-5H2,1-2H3,(H,16,17,18,21);1-2H3. The van der Waals surface area contributed by atoms with Crippen LogP contribution in [-0.2, 0) is 9.53 Å². The number of hydrogen-bond acceptors (Lipinski definition) is 7. The molecule has 9 nitrogen and oxygen atoms in total. The fourth-order valence-electron chi connectivity index (χ4n) is 2.81. The molecule has 0 bridgehead atoms. The van der Waals surface area contributed by atoms with Crippen LogP contribution in [0.3, 0.4) is 0 Å². The zero-order chi connectivity index (χ0) is 18.4. The lowest BCUT2D eigenvalue weighted by Crippen LogP contribution is -2.16. The molecule has 0 aliphatic carbocycles. The molecule has 2 aromatic heterocycles. The predicted octanol–water partition coefficient (Wildman–Crippen LogP) is 1.74. The van der Waals surface area contributed by atoms with Crippen molar-refractivity contribution in [1.82, 2.24) is 19.5 Å². The van der Waals surface area contributed by atoms with Gasteiger partial charge in [0, 0.05) is 5.92 Å². The number of anilines is 1. The van der Waals surface area contributed by atoms with Gasteiger partial charge in [-0.1, -0.05) is 20.8 Å². The van der Waals surface area contributed by atoms with Gasteiger partial charge >= 0.3 is 0 Å². The van der Waals surface area contributed by atoms with Gasteiger partial charge in [0.2, 0.25) is 18.2 Å². The maximum atomic E-state index is 10.7. The number of fused-ring (bicyclic) bond motifs is 1. The third-order valence-corrected chi connectivity index (χ3v) is 3.79. The SMILES string of the molecule is CC.CCOc1nc(NC=O)nc2c1ncn2C1OC(CO)CC1C. The summed E-state index contributed by atoms with van der Waals surface area (Å²) < 4.78 is 13.1. The first-order chi connectivity index (χ1) is 12.2. The smallest absolute Gasteiger partial charge is 0.247 e. The third kappa shape index (κ3) is 3.88. The van der Waals surface area contributed by atoms with Gasteiger partial charge in [0.15, 0.2) is 11.2 Å². The lowest BCUT2D eigenvalue weighted by atomic mass is 10.1. The number of nitrogens with one attached hydrogen (secondary N) is 1. The molecule has 1 fully saturated rings. The van der Waals surface area contributed by atoms with E-state index in [1.165, 1.54) is 0 Å². The minimum absolute atomic E-state index is 0.0232. The van der Waals surface area contributed by atoms with Crippen LogP contribution in [0, 0.1) is 5.92 Å². The van der Waals surface area contributed by atoms with Crippen molar-refractivity contribution in [3.63, 3.8) is 0 Å². The maximum absolute atomic E-state index is 10.7. The lowest BCUT2D eigenvalue weighted by molar-refractivity contribution is -0.105. The Bertz CT molecular complexity index is 705. The number of imidazole rings is 1. The molecular weight excluding hydrogens is 326 g/mol. The van der Waals surface area contributed by atoms with Crippen LogP contribution < -0.4 is 10.1 Å². The minimum Gasteiger partial charge on any atom is -0.476 e. The fraction of sp³-hybridized carbons (Fsp3) is 0.625. The number of nitrogens with zero attached hydrogens (tertiary/aromatic N) is 4. The number of hydrogen-bond donors (Lipinski definition) is 2. The molecule has 0 radical (unpaired) electrons. The van der Waals surface area contributed by atoms with Crippen LogP contribution in [0.1, 0.15) is 40.3 Å². The lowest BCUT2D eigenvalue weighted by Gasteiger charge is -2.17. The first-order valence-electron chi connectivity index (χ1n) is 8.51. The van der Waals surface area contributed by atoms with Crippen LogP contribution in [0.5, 0.6) is 5.88 Å². The molecule has 1 aliphatic rings. The average Bonchev–Trinajstić information content (AvgIpc) is 3.20. The first kappa shape index (κ1) is 19.1. The molecule has 0 saturated carbocycles. The van der Waals surface area contributed by atoms with Crippen molar-refractivity contribution in [3.05, 3.63) is 6.33 Å². The van der Waals surface area contributed by atoms with Gasteiger partial charge in [-0.3, -0.25) is 14.7 Å². The second-order valence-corrected chi connectivity index (χ2v) is 5.42. The molecule has 0 aromatic carbocycles. The van der Waals surface area contributed by atoms with E-state index in [0.29, 0.717) is 30.1 Å². The van der Waals surface area contributed by atoms with Crippen molar-refractivity contribution in [2.75, 3.05) is 18.5 Å². The van der Waals surface area contributed by atoms with E-state index in [0.717, 1.165) is 6.42 Å². The van der Waals surface area contributed by atoms with Gasteiger partial charge in [0.1, 0.15) is 6.23 Å². The summed E-state index contributed by atoms with van der Waals surface area (Å²) >= 11 is 0. The van der Waals surface area contributed by atoms with Gasteiger partial charge in [0.05, 0.1) is 25.6 Å². The molecule has 9 heteroatoms. The summed E-state index contributed by atoms with van der Waals surface area (Å²) in [5.41, 5.74) is 1.02. The minimum atomic E-state index is -0.286. The van der Waals surface area contributed by atoms with Crippen molar-refractivity contribution < 1.29 is 19.4 Å². The molecule has 1 amide bonds. The van der Waals surface area contributed by atoms with E-state index in [4.69, 9.17) is 9.47 Å². The summed E-state index contributed by atoms with van der Waals surface area (Å²) in [6, 6.07) is 0. The predicted molar refractivity (Wildman–Crippen MR) is 92.3 cm³/mol. The molecule has 2 aromatic rings. The van der Waals surface area contributed by atoms with E-state index in [1.54, 1.807) is 10.9 Å². The molecule has 0 spiro atoms. The number of aromatic nitrogens is 4. The molecule has 3 heterocycles. The van der Waals surface area contributed by atoms with Gasteiger partial charge in [-0.15, -0.1) is 0 Å². The molecule has 3 unspecified atom stereocenters. The molecule has 1 aliphatic heterocycles. The Kier molecular flexibility index (Phi) is 6.65. The molecule has 2 N–H and O–H groups in total. The number of aliphatic hydroxyl groups is 1. The van der Waals surface area contributed by atoms with Crippen LogP contribution in [0.2, 0.25) is 0 Å². The second-order valence-electron chi connectivity index (χ2n) is 5.42. The summed E-state index contributed by atoms with van der Waals surface area (Å²) in [6.07, 6.45) is 2.39. The number of rotatable bonds is 6. The van der Waals surface area contributed by atoms with Crippen molar-refractivity contribution >= 4 is 23.5 Å². The van der Waals surface area contributed by atoms with Crippen LogP contribution in [0.25, 0.3) is 11.2 Å². The van der Waals surface area contributed by atoms with Gasteiger partial charge in [-0.2, -0.15) is 9.97 Å². The summed E-state index contributed by atoms with van der Waals surface area (Å²) in [6.45, 7) is 8.28. The Labute approximate surface area is 146 Å². The van der Waals surface area contributed by atoms with E-state index in [9.17, 15) is 9.90 Å². The molecule has 138 valence electrons. The number of aliphatic hydroxyl groups excluding tert-OH is 1. The van der Waals surface area contributed by atoms with E-state index >= 15 is 0 Å². The Balaban J connectivity index is 0.00000109. The molecule has 3 rings (SSSR count). The Morgan fingerprint density at radius 3 is 2.84 bits per heavy atom. The van der Waals surface area contributed by atoms with Crippen molar-refractivity contribution in [2.24, 2.45) is 5.92 Å². The number of carbonyl (C=O) groups excluding carboxylic acids is 1. The monoisotopic (exact) mass is 351 g/mol. The highest BCUT2D eigenvalue weighted by atomic mass is 16.5. The topological polar surface area (TPSA) is 111 Å². The first-order valence-corrected chi connectivity index (χ1v) is 8.51. The van der Waals surface area contributed by atoms with E-state index in [1.807, 2.05) is 27.7 Å². The normalized spacial score (nSPS) is 22.4. The molecule has 1 saturated heterocycles. The van der Waals surface area contributed by atoms with Crippen molar-refractivity contribution in [2.45, 2.75) is 46.4 Å². The molecular formula is C16H25N5O4. The highest BCUT2D eigenvalue weighted by molar-refractivity contribution is 5.79. The number of amides is 1. The van der Waals surface area contributed by atoms with Crippen LogP contribution >= 0.6 is 0 Å². The quantitative estimate of drug-likeness (QED) is 0.762. The van der Waals surface area contributed by atoms with E-state index in [2.05, 4.69) is 20.3 Å². The molecule has 25 heavy (non-hydrogen) atoms. The number of carbonyl (C=O) groups is 1. The van der Waals surface area contributed by atoms with Crippen LogP contribution in [0.15, 0.2) is 6.33 Å². The van der Waals surface area contributed by atoms with Gasteiger partial charge in [-0.25, -0.2) is 4.98 Å². The Hall–Kier alpha value is -2.26.